The number of hydrogen-bond donors (Lipinski definition) is 1. The summed E-state index contributed by atoms with van der Waals surface area (Å²) >= 11 is 0. The van der Waals surface area contributed by atoms with E-state index in [-0.39, 0.29) is 12.5 Å². The highest BCUT2D eigenvalue weighted by molar-refractivity contribution is 5.77. The van der Waals surface area contributed by atoms with Gasteiger partial charge < -0.3 is 14.8 Å². The average Bonchev–Trinajstić information content (AvgIpc) is 2.42. The summed E-state index contributed by atoms with van der Waals surface area (Å²) < 4.78 is 10.0. The number of nitrogens with one attached hydrogen (secondary N) is 1. The molecule has 0 aromatic heterocycles. The first kappa shape index (κ1) is 14.1. The molecule has 18 heavy (non-hydrogen) atoms. The van der Waals surface area contributed by atoms with Crippen molar-refractivity contribution in [1.82, 2.24) is 5.32 Å². The SMILES string of the molecule is CCOCC(=O)NCC#Cc1ccc(OC)cc1. The summed E-state index contributed by atoms with van der Waals surface area (Å²) in [5.74, 6) is 6.46. The number of rotatable bonds is 5. The van der Waals surface area contributed by atoms with E-state index in [2.05, 4.69) is 17.2 Å². The van der Waals surface area contributed by atoms with Crippen LogP contribution in [0.3, 0.4) is 0 Å². The van der Waals surface area contributed by atoms with Crippen LogP contribution >= 0.6 is 0 Å². The molecular formula is C14H17NO3. The zero-order chi connectivity index (χ0) is 13.2. The van der Waals surface area contributed by atoms with E-state index >= 15 is 0 Å². The van der Waals surface area contributed by atoms with Crippen molar-refractivity contribution >= 4 is 5.91 Å². The quantitative estimate of drug-likeness (QED) is 0.795. The van der Waals surface area contributed by atoms with Crippen LogP contribution in [0.1, 0.15) is 12.5 Å². The van der Waals surface area contributed by atoms with E-state index in [4.69, 9.17) is 9.47 Å². The molecule has 0 aliphatic rings. The van der Waals surface area contributed by atoms with Crippen LogP contribution in [-0.2, 0) is 9.53 Å². The number of carbonyl (C=O) groups excluding carboxylic acids is 1. The van der Waals surface area contributed by atoms with Gasteiger partial charge in [0, 0.05) is 12.2 Å². The summed E-state index contributed by atoms with van der Waals surface area (Å²) in [6, 6.07) is 7.43. The standard InChI is InChI=1S/C14H17NO3/c1-3-18-11-14(16)15-10-4-5-12-6-8-13(17-2)9-7-12/h6-9H,3,10-11H2,1-2H3,(H,15,16). The molecule has 1 N–H and O–H groups in total. The molecule has 1 aromatic carbocycles. The van der Waals surface area contributed by atoms with Crippen molar-refractivity contribution in [3.63, 3.8) is 0 Å². The molecule has 0 saturated carbocycles. The van der Waals surface area contributed by atoms with Gasteiger partial charge in [-0.3, -0.25) is 4.79 Å². The fourth-order valence-electron chi connectivity index (χ4n) is 1.21. The van der Waals surface area contributed by atoms with Gasteiger partial charge in [0.1, 0.15) is 12.4 Å². The Morgan fingerprint density at radius 2 is 2.06 bits per heavy atom. The minimum atomic E-state index is -0.152. The Morgan fingerprint density at radius 3 is 2.67 bits per heavy atom. The third kappa shape index (κ3) is 5.37. The predicted molar refractivity (Wildman–Crippen MR) is 69.4 cm³/mol. The van der Waals surface area contributed by atoms with Gasteiger partial charge in [-0.15, -0.1) is 0 Å². The molecule has 0 atom stereocenters. The molecule has 0 saturated heterocycles. The van der Waals surface area contributed by atoms with Crippen LogP contribution in [0.2, 0.25) is 0 Å². The van der Waals surface area contributed by atoms with E-state index in [1.165, 1.54) is 0 Å². The minimum absolute atomic E-state index is 0.0840. The molecule has 1 aromatic rings. The van der Waals surface area contributed by atoms with Gasteiger partial charge in [-0.1, -0.05) is 11.8 Å². The van der Waals surface area contributed by atoms with Gasteiger partial charge in [-0.05, 0) is 31.2 Å². The second-order valence-electron chi connectivity index (χ2n) is 3.44. The molecule has 4 heteroatoms. The Bertz CT molecular complexity index is 429. The second kappa shape index (κ2) is 8.15. The van der Waals surface area contributed by atoms with Gasteiger partial charge in [0.15, 0.2) is 0 Å². The zero-order valence-corrected chi connectivity index (χ0v) is 10.7. The Balaban J connectivity index is 2.34. The van der Waals surface area contributed by atoms with Crippen molar-refractivity contribution in [2.24, 2.45) is 0 Å². The minimum Gasteiger partial charge on any atom is -0.497 e. The molecule has 0 aliphatic heterocycles. The van der Waals surface area contributed by atoms with E-state index in [1.54, 1.807) is 7.11 Å². The van der Waals surface area contributed by atoms with Crippen molar-refractivity contribution in [1.29, 1.82) is 0 Å². The molecule has 0 aliphatic carbocycles. The van der Waals surface area contributed by atoms with E-state index in [9.17, 15) is 4.79 Å². The van der Waals surface area contributed by atoms with Crippen molar-refractivity contribution in [3.8, 4) is 17.6 Å². The van der Waals surface area contributed by atoms with Crippen molar-refractivity contribution in [2.45, 2.75) is 6.92 Å². The van der Waals surface area contributed by atoms with Gasteiger partial charge in [0.25, 0.3) is 0 Å². The summed E-state index contributed by atoms with van der Waals surface area (Å²) in [7, 11) is 1.62. The first-order valence-corrected chi connectivity index (χ1v) is 5.73. The fourth-order valence-corrected chi connectivity index (χ4v) is 1.21. The number of ether oxygens (including phenoxy) is 2. The lowest BCUT2D eigenvalue weighted by Crippen LogP contribution is -2.27. The van der Waals surface area contributed by atoms with E-state index in [0.29, 0.717) is 13.2 Å². The van der Waals surface area contributed by atoms with Gasteiger partial charge in [-0.25, -0.2) is 0 Å². The van der Waals surface area contributed by atoms with Crippen LogP contribution in [0.4, 0.5) is 0 Å². The van der Waals surface area contributed by atoms with Crippen LogP contribution in [0.25, 0.3) is 0 Å². The Labute approximate surface area is 107 Å². The molecule has 0 spiro atoms. The number of benzene rings is 1. The molecule has 96 valence electrons. The van der Waals surface area contributed by atoms with Crippen LogP contribution < -0.4 is 10.1 Å². The van der Waals surface area contributed by atoms with Crippen molar-refractivity contribution in [3.05, 3.63) is 29.8 Å². The van der Waals surface area contributed by atoms with Crippen LogP contribution in [0, 0.1) is 11.8 Å². The topological polar surface area (TPSA) is 47.6 Å². The van der Waals surface area contributed by atoms with Crippen LogP contribution in [0.15, 0.2) is 24.3 Å². The lowest BCUT2D eigenvalue weighted by atomic mass is 10.2. The summed E-state index contributed by atoms with van der Waals surface area (Å²) in [6.07, 6.45) is 0. The Kier molecular flexibility index (Phi) is 6.37. The smallest absolute Gasteiger partial charge is 0.246 e. The number of amides is 1. The second-order valence-corrected chi connectivity index (χ2v) is 3.44. The maximum absolute atomic E-state index is 11.2. The van der Waals surface area contributed by atoms with E-state index in [1.807, 2.05) is 31.2 Å². The average molecular weight is 247 g/mol. The molecule has 0 unspecified atom stereocenters. The maximum Gasteiger partial charge on any atom is 0.246 e. The van der Waals surface area contributed by atoms with Gasteiger partial charge in [0.2, 0.25) is 5.91 Å². The molecule has 0 heterocycles. The van der Waals surface area contributed by atoms with Crippen LogP contribution in [-0.4, -0.2) is 32.8 Å². The summed E-state index contributed by atoms with van der Waals surface area (Å²) in [5, 5.41) is 2.65. The summed E-state index contributed by atoms with van der Waals surface area (Å²) in [6.45, 7) is 2.78. The molecule has 1 amide bonds. The first-order chi connectivity index (χ1) is 8.76. The zero-order valence-electron chi connectivity index (χ0n) is 10.7. The van der Waals surface area contributed by atoms with Gasteiger partial charge >= 0.3 is 0 Å². The number of carbonyl (C=O) groups is 1. The maximum atomic E-state index is 11.2. The van der Waals surface area contributed by atoms with E-state index in [0.717, 1.165) is 11.3 Å². The molecule has 4 nitrogen and oxygen atoms in total. The Morgan fingerprint density at radius 1 is 1.33 bits per heavy atom. The lowest BCUT2D eigenvalue weighted by molar-refractivity contribution is -0.125. The third-order valence-corrected chi connectivity index (χ3v) is 2.13. The summed E-state index contributed by atoms with van der Waals surface area (Å²) in [5.41, 5.74) is 0.884. The predicted octanol–water partition coefficient (Wildman–Crippen LogP) is 1.20. The highest BCUT2D eigenvalue weighted by Crippen LogP contribution is 2.09. The first-order valence-electron chi connectivity index (χ1n) is 5.73. The molecule has 1 rings (SSSR count). The highest BCUT2D eigenvalue weighted by Gasteiger charge is 1.96. The Hall–Kier alpha value is -1.99. The molecule has 0 fully saturated rings. The van der Waals surface area contributed by atoms with Gasteiger partial charge in [0.05, 0.1) is 13.7 Å². The fraction of sp³-hybridized carbons (Fsp3) is 0.357. The third-order valence-electron chi connectivity index (χ3n) is 2.13. The van der Waals surface area contributed by atoms with E-state index < -0.39 is 0 Å². The van der Waals surface area contributed by atoms with Gasteiger partial charge in [-0.2, -0.15) is 0 Å². The lowest BCUT2D eigenvalue weighted by Gasteiger charge is -2.00. The molecule has 0 radical (unpaired) electrons. The molecule has 0 bridgehead atoms. The van der Waals surface area contributed by atoms with Crippen molar-refractivity contribution < 1.29 is 14.3 Å². The normalized spacial score (nSPS) is 9.22. The van der Waals surface area contributed by atoms with Crippen LogP contribution in [0.5, 0.6) is 5.75 Å². The largest absolute Gasteiger partial charge is 0.497 e. The highest BCUT2D eigenvalue weighted by atomic mass is 16.5. The number of hydrogen-bond acceptors (Lipinski definition) is 3. The summed E-state index contributed by atoms with van der Waals surface area (Å²) in [4.78, 5) is 11.2. The monoisotopic (exact) mass is 247 g/mol. The van der Waals surface area contributed by atoms with Crippen molar-refractivity contribution in [2.75, 3.05) is 26.9 Å². The molecular weight excluding hydrogens is 230 g/mol. The number of methoxy groups -OCH3 is 1.